The fourth-order valence-corrected chi connectivity index (χ4v) is 3.67. The lowest BCUT2D eigenvalue weighted by Gasteiger charge is -2.14. The normalized spacial score (nSPS) is 11.7. The van der Waals surface area contributed by atoms with E-state index in [9.17, 15) is 12.8 Å². The van der Waals surface area contributed by atoms with E-state index in [2.05, 4.69) is 30.8 Å². The maximum Gasteiger partial charge on any atom is 0.276 e. The lowest BCUT2D eigenvalue weighted by atomic mass is 10.1. The molecule has 0 saturated carbocycles. The van der Waals surface area contributed by atoms with Gasteiger partial charge >= 0.3 is 0 Å². The minimum absolute atomic E-state index is 0. The van der Waals surface area contributed by atoms with Gasteiger partial charge in [0.05, 0.1) is 5.75 Å². The van der Waals surface area contributed by atoms with Gasteiger partial charge < -0.3 is 15.2 Å². The van der Waals surface area contributed by atoms with Gasteiger partial charge in [0, 0.05) is 39.0 Å². The number of aromatic nitrogens is 3. The molecule has 12 heteroatoms. The number of aliphatic imine (C=N–C) groups is 1. The lowest BCUT2D eigenvalue weighted by molar-refractivity contribution is 0.421. The number of nitrogens with one attached hydrogen (secondary N) is 2. The summed E-state index contributed by atoms with van der Waals surface area (Å²) in [5.41, 5.74) is 1.69. The van der Waals surface area contributed by atoms with Crippen molar-refractivity contribution in [2.24, 2.45) is 4.99 Å². The maximum absolute atomic E-state index is 13.7. The molecule has 1 aromatic carbocycles. The molecule has 3 aromatic rings. The average molecular weight is 574 g/mol. The molecule has 3 rings (SSSR count). The monoisotopic (exact) mass is 574 g/mol. The summed E-state index contributed by atoms with van der Waals surface area (Å²) in [5, 5.41) is 10.1. The van der Waals surface area contributed by atoms with Gasteiger partial charge in [0.25, 0.3) is 5.89 Å². The van der Waals surface area contributed by atoms with Crippen LogP contribution < -0.4 is 10.6 Å². The molecular formula is C20H24FIN6O3S. The Hall–Kier alpha value is -2.61. The molecule has 9 nitrogen and oxygen atoms in total. The third-order valence-electron chi connectivity index (χ3n) is 4.25. The third-order valence-corrected chi connectivity index (χ3v) is 5.08. The van der Waals surface area contributed by atoms with Crippen molar-refractivity contribution in [2.45, 2.75) is 18.7 Å². The predicted octanol–water partition coefficient (Wildman–Crippen LogP) is 2.34. The van der Waals surface area contributed by atoms with Crippen LogP contribution in [0, 0.1) is 5.82 Å². The Kier molecular flexibility index (Phi) is 9.50. The van der Waals surface area contributed by atoms with Crippen LogP contribution in [0.2, 0.25) is 0 Å². The molecule has 32 heavy (non-hydrogen) atoms. The molecule has 0 aliphatic heterocycles. The summed E-state index contributed by atoms with van der Waals surface area (Å²) in [6.45, 7) is 0.689. The molecule has 0 atom stereocenters. The van der Waals surface area contributed by atoms with Crippen LogP contribution >= 0.6 is 24.0 Å². The van der Waals surface area contributed by atoms with Gasteiger partial charge in [0.1, 0.15) is 11.5 Å². The molecule has 172 valence electrons. The van der Waals surface area contributed by atoms with Gasteiger partial charge in [-0.1, -0.05) is 17.3 Å². The lowest BCUT2D eigenvalue weighted by Crippen LogP contribution is -2.38. The zero-order valence-electron chi connectivity index (χ0n) is 17.6. The average Bonchev–Trinajstić information content (AvgIpc) is 3.21. The molecule has 0 saturated heterocycles. The van der Waals surface area contributed by atoms with E-state index in [-0.39, 0.29) is 36.3 Å². The third kappa shape index (κ3) is 7.82. The first-order chi connectivity index (χ1) is 14.8. The first-order valence-electron chi connectivity index (χ1n) is 9.47. The summed E-state index contributed by atoms with van der Waals surface area (Å²) in [5.74, 6) is 0.750. The molecule has 2 heterocycles. The first kappa shape index (κ1) is 25.6. The van der Waals surface area contributed by atoms with Crippen LogP contribution in [0.5, 0.6) is 0 Å². The fourth-order valence-electron chi connectivity index (χ4n) is 2.82. The van der Waals surface area contributed by atoms with Gasteiger partial charge in [-0.05, 0) is 35.4 Å². The molecule has 0 radical (unpaired) electrons. The van der Waals surface area contributed by atoms with Crippen molar-refractivity contribution < 1.29 is 17.3 Å². The van der Waals surface area contributed by atoms with Crippen LogP contribution in [0.25, 0.3) is 11.6 Å². The number of pyridine rings is 1. The van der Waals surface area contributed by atoms with Crippen LogP contribution in [0.4, 0.5) is 4.39 Å². The zero-order chi connectivity index (χ0) is 22.3. The number of guanidine groups is 1. The van der Waals surface area contributed by atoms with E-state index in [1.807, 2.05) is 6.07 Å². The summed E-state index contributed by atoms with van der Waals surface area (Å²) >= 11 is 0. The number of hydrogen-bond acceptors (Lipinski definition) is 7. The Bertz CT molecular complexity index is 1160. The van der Waals surface area contributed by atoms with Crippen LogP contribution in [0.1, 0.15) is 17.0 Å². The number of halogens is 2. The van der Waals surface area contributed by atoms with Crippen molar-refractivity contribution in [1.29, 1.82) is 0 Å². The summed E-state index contributed by atoms with van der Waals surface area (Å²) < 4.78 is 42.1. The number of hydrogen-bond donors (Lipinski definition) is 2. The van der Waals surface area contributed by atoms with Gasteiger partial charge in [0.2, 0.25) is 0 Å². The highest BCUT2D eigenvalue weighted by molar-refractivity contribution is 14.0. The molecule has 0 spiro atoms. The topological polar surface area (TPSA) is 122 Å². The minimum Gasteiger partial charge on any atom is -0.356 e. The van der Waals surface area contributed by atoms with Gasteiger partial charge in [-0.15, -0.1) is 24.0 Å². The summed E-state index contributed by atoms with van der Waals surface area (Å²) in [6, 6.07) is 9.48. The Balaban J connectivity index is 0.00000363. The molecule has 0 amide bonds. The van der Waals surface area contributed by atoms with Crippen molar-refractivity contribution in [3.8, 4) is 11.6 Å². The number of nitrogens with zero attached hydrogens (tertiary/aromatic N) is 4. The van der Waals surface area contributed by atoms with Crippen LogP contribution in [0.15, 0.2) is 52.1 Å². The molecule has 0 bridgehead atoms. The molecule has 2 N–H and O–H groups in total. The van der Waals surface area contributed by atoms with E-state index in [0.29, 0.717) is 47.5 Å². The van der Waals surface area contributed by atoms with Gasteiger partial charge in [-0.25, -0.2) is 12.8 Å². The zero-order valence-corrected chi connectivity index (χ0v) is 20.7. The Morgan fingerprint density at radius 3 is 2.69 bits per heavy atom. The molecule has 0 aliphatic rings. The van der Waals surface area contributed by atoms with Crippen molar-refractivity contribution in [2.75, 3.05) is 19.8 Å². The van der Waals surface area contributed by atoms with Crippen LogP contribution in [0.3, 0.4) is 0 Å². The maximum atomic E-state index is 13.7. The van der Waals surface area contributed by atoms with E-state index in [4.69, 9.17) is 4.52 Å². The van der Waals surface area contributed by atoms with Crippen molar-refractivity contribution >= 4 is 39.8 Å². The summed E-state index contributed by atoms with van der Waals surface area (Å²) in [7, 11) is -1.64. The standard InChI is InChI=1S/C20H23FN6O3S.HI/c1-22-20(25-12-15-11-16(21)7-6-14(15)13-31(2,28)29)24-10-8-18-26-19(30-27-18)17-5-3-4-9-23-17;/h3-7,9,11H,8,10,12-13H2,1-2H3,(H2,22,24,25);1H. The fraction of sp³-hybridized carbons (Fsp3) is 0.300. The highest BCUT2D eigenvalue weighted by atomic mass is 127. The van der Waals surface area contributed by atoms with Crippen molar-refractivity contribution in [3.63, 3.8) is 0 Å². The largest absolute Gasteiger partial charge is 0.356 e. The molecule has 0 aliphatic carbocycles. The molecular weight excluding hydrogens is 550 g/mol. The van der Waals surface area contributed by atoms with Crippen LogP contribution in [-0.2, 0) is 28.6 Å². The number of sulfone groups is 1. The van der Waals surface area contributed by atoms with Crippen LogP contribution in [-0.4, -0.2) is 49.4 Å². The Labute approximate surface area is 202 Å². The molecule has 0 fully saturated rings. The quantitative estimate of drug-likeness (QED) is 0.239. The van der Waals surface area contributed by atoms with E-state index in [1.165, 1.54) is 18.2 Å². The van der Waals surface area contributed by atoms with Gasteiger partial charge in [0.15, 0.2) is 21.6 Å². The van der Waals surface area contributed by atoms with E-state index in [1.54, 1.807) is 25.4 Å². The Morgan fingerprint density at radius 2 is 2.00 bits per heavy atom. The van der Waals surface area contributed by atoms with Gasteiger partial charge in [-0.3, -0.25) is 9.98 Å². The van der Waals surface area contributed by atoms with E-state index in [0.717, 1.165) is 6.26 Å². The minimum atomic E-state index is -3.24. The second kappa shape index (κ2) is 11.9. The van der Waals surface area contributed by atoms with E-state index < -0.39 is 15.7 Å². The summed E-state index contributed by atoms with van der Waals surface area (Å²) in [6.07, 6.45) is 3.28. The molecule has 0 unspecified atom stereocenters. The summed E-state index contributed by atoms with van der Waals surface area (Å²) in [4.78, 5) is 12.6. The smallest absolute Gasteiger partial charge is 0.276 e. The predicted molar refractivity (Wildman–Crippen MR) is 130 cm³/mol. The number of rotatable bonds is 8. The van der Waals surface area contributed by atoms with Crippen molar-refractivity contribution in [1.82, 2.24) is 25.8 Å². The molecule has 2 aromatic heterocycles. The van der Waals surface area contributed by atoms with Gasteiger partial charge in [-0.2, -0.15) is 4.98 Å². The highest BCUT2D eigenvalue weighted by Gasteiger charge is 2.12. The SMILES string of the molecule is CN=C(NCCc1noc(-c2ccccn2)n1)NCc1cc(F)ccc1CS(C)(=O)=O.I. The first-order valence-corrected chi connectivity index (χ1v) is 11.5. The second-order valence-corrected chi connectivity index (χ2v) is 8.96. The second-order valence-electron chi connectivity index (χ2n) is 6.82. The number of benzene rings is 1. The van der Waals surface area contributed by atoms with Crippen molar-refractivity contribution in [3.05, 3.63) is 65.4 Å². The van der Waals surface area contributed by atoms with E-state index >= 15 is 0 Å². The highest BCUT2D eigenvalue weighted by Crippen LogP contribution is 2.15. The Morgan fingerprint density at radius 1 is 1.19 bits per heavy atom.